The molecule has 8 heteroatoms. The number of aliphatic carboxylic acids is 1. The molecule has 0 atom stereocenters. The van der Waals surface area contributed by atoms with Crippen LogP contribution in [0, 0.1) is 0 Å². The molecule has 0 saturated heterocycles. The number of ether oxygens (including phenoxy) is 2. The molecule has 176 valence electrons. The van der Waals surface area contributed by atoms with Gasteiger partial charge in [0.2, 0.25) is 0 Å². The number of carboxylic acids is 1. The number of carboxylic acid groups (broad SMARTS) is 1. The van der Waals surface area contributed by atoms with Gasteiger partial charge in [-0.2, -0.15) is 0 Å². The lowest BCUT2D eigenvalue weighted by atomic mass is 10.0. The average molecular weight is 455 g/mol. The Kier molecular flexibility index (Phi) is 13.2. The second-order valence-electron chi connectivity index (χ2n) is 7.02. The summed E-state index contributed by atoms with van der Waals surface area (Å²) in [6.07, 6.45) is 5.82. The van der Waals surface area contributed by atoms with Gasteiger partial charge in [-0.3, -0.25) is 0 Å². The maximum Gasteiger partial charge on any atom is 0.500 e. The van der Waals surface area contributed by atoms with Crippen molar-refractivity contribution in [3.05, 3.63) is 29.3 Å². The first-order valence-corrected chi connectivity index (χ1v) is 13.0. The number of hydrogen-bond acceptors (Lipinski definition) is 6. The van der Waals surface area contributed by atoms with Gasteiger partial charge in [-0.15, -0.1) is 0 Å². The van der Waals surface area contributed by atoms with Crippen LogP contribution in [0.4, 0.5) is 0 Å². The summed E-state index contributed by atoms with van der Waals surface area (Å²) in [5.41, 5.74) is 1.12. The molecule has 1 aromatic carbocycles. The SMILES string of the molecule is CCO[Si](CCCCCC/C(=C\c1cc(OC)cc(OC)c1)C(=O)O)(OCC)OCC. The van der Waals surface area contributed by atoms with Gasteiger partial charge in [-0.1, -0.05) is 12.8 Å². The Morgan fingerprint density at radius 3 is 1.84 bits per heavy atom. The molecule has 0 heterocycles. The van der Waals surface area contributed by atoms with Gasteiger partial charge in [0.1, 0.15) is 11.5 Å². The Labute approximate surface area is 187 Å². The van der Waals surface area contributed by atoms with Crippen LogP contribution in [0.2, 0.25) is 6.04 Å². The van der Waals surface area contributed by atoms with Crippen molar-refractivity contribution in [2.24, 2.45) is 0 Å². The molecule has 1 N–H and O–H groups in total. The van der Waals surface area contributed by atoms with Crippen molar-refractivity contribution in [2.75, 3.05) is 34.0 Å². The van der Waals surface area contributed by atoms with Gasteiger partial charge >= 0.3 is 14.8 Å². The molecule has 0 aliphatic rings. The van der Waals surface area contributed by atoms with Crippen LogP contribution in [-0.2, 0) is 18.1 Å². The summed E-state index contributed by atoms with van der Waals surface area (Å²) in [7, 11) is 0.546. The Hall–Kier alpha value is -1.87. The van der Waals surface area contributed by atoms with Crippen molar-refractivity contribution in [1.29, 1.82) is 0 Å². The zero-order valence-electron chi connectivity index (χ0n) is 19.6. The van der Waals surface area contributed by atoms with Crippen molar-refractivity contribution < 1.29 is 32.7 Å². The minimum atomic E-state index is -2.59. The Morgan fingerprint density at radius 1 is 0.871 bits per heavy atom. The van der Waals surface area contributed by atoms with Crippen LogP contribution in [0.15, 0.2) is 23.8 Å². The summed E-state index contributed by atoms with van der Waals surface area (Å²) < 4.78 is 28.2. The van der Waals surface area contributed by atoms with E-state index in [1.807, 2.05) is 20.8 Å². The normalized spacial score (nSPS) is 12.1. The third-order valence-corrected chi connectivity index (χ3v) is 7.91. The number of methoxy groups -OCH3 is 2. The van der Waals surface area contributed by atoms with Gasteiger partial charge < -0.3 is 27.9 Å². The van der Waals surface area contributed by atoms with Crippen molar-refractivity contribution in [3.63, 3.8) is 0 Å². The van der Waals surface area contributed by atoms with Gasteiger partial charge in [-0.05, 0) is 63.8 Å². The van der Waals surface area contributed by atoms with E-state index in [2.05, 4.69) is 0 Å². The van der Waals surface area contributed by atoms with E-state index in [9.17, 15) is 9.90 Å². The highest BCUT2D eigenvalue weighted by molar-refractivity contribution is 6.60. The Morgan fingerprint density at radius 2 is 1.39 bits per heavy atom. The number of unbranched alkanes of at least 4 members (excludes halogenated alkanes) is 3. The van der Waals surface area contributed by atoms with E-state index in [1.54, 1.807) is 38.5 Å². The summed E-state index contributed by atoms with van der Waals surface area (Å²) in [5.74, 6) is 0.346. The van der Waals surface area contributed by atoms with Crippen molar-refractivity contribution in [2.45, 2.75) is 58.9 Å². The molecular formula is C23H38O7Si. The van der Waals surface area contributed by atoms with Crippen LogP contribution >= 0.6 is 0 Å². The molecule has 31 heavy (non-hydrogen) atoms. The van der Waals surface area contributed by atoms with Gasteiger partial charge in [0.25, 0.3) is 0 Å². The standard InChI is InChI=1S/C23H38O7Si/c1-6-28-31(29-7-2,30-8-3)14-12-10-9-11-13-20(23(24)25)15-19-16-21(26-4)18-22(17-19)27-5/h15-18H,6-14H2,1-5H3,(H,24,25)/b20-15+. The van der Waals surface area contributed by atoms with Crippen LogP contribution in [-0.4, -0.2) is 53.9 Å². The highest BCUT2D eigenvalue weighted by Crippen LogP contribution is 2.25. The molecule has 1 rings (SSSR count). The third kappa shape index (κ3) is 9.86. The van der Waals surface area contributed by atoms with Gasteiger partial charge in [0.05, 0.1) is 14.2 Å². The van der Waals surface area contributed by atoms with Crippen LogP contribution < -0.4 is 9.47 Å². The first-order chi connectivity index (χ1) is 14.9. The zero-order valence-corrected chi connectivity index (χ0v) is 20.6. The first-order valence-electron chi connectivity index (χ1n) is 11.0. The Balaban J connectivity index is 2.62. The summed E-state index contributed by atoms with van der Waals surface area (Å²) in [6, 6.07) is 6.14. The van der Waals surface area contributed by atoms with E-state index in [4.69, 9.17) is 22.8 Å². The van der Waals surface area contributed by atoms with Gasteiger partial charge in [0.15, 0.2) is 0 Å². The van der Waals surface area contributed by atoms with Gasteiger partial charge in [-0.25, -0.2) is 4.79 Å². The Bertz CT molecular complexity index is 651. The van der Waals surface area contributed by atoms with E-state index in [1.165, 1.54) is 0 Å². The van der Waals surface area contributed by atoms with E-state index < -0.39 is 14.8 Å². The maximum atomic E-state index is 11.7. The van der Waals surface area contributed by atoms with E-state index in [0.29, 0.717) is 43.3 Å². The molecular weight excluding hydrogens is 416 g/mol. The van der Waals surface area contributed by atoms with Gasteiger partial charge in [0, 0.05) is 37.5 Å². The van der Waals surface area contributed by atoms with E-state index in [0.717, 1.165) is 37.3 Å². The van der Waals surface area contributed by atoms with Crippen LogP contribution in [0.25, 0.3) is 6.08 Å². The lowest BCUT2D eigenvalue weighted by molar-refractivity contribution is -0.132. The predicted molar refractivity (Wildman–Crippen MR) is 124 cm³/mol. The van der Waals surface area contributed by atoms with Crippen LogP contribution in [0.5, 0.6) is 11.5 Å². The molecule has 0 unspecified atom stereocenters. The molecule has 7 nitrogen and oxygen atoms in total. The largest absolute Gasteiger partial charge is 0.500 e. The molecule has 0 aliphatic heterocycles. The summed E-state index contributed by atoms with van der Waals surface area (Å²) in [4.78, 5) is 11.7. The quantitative estimate of drug-likeness (QED) is 0.197. The molecule has 0 fully saturated rings. The molecule has 0 saturated carbocycles. The lowest BCUT2D eigenvalue weighted by Gasteiger charge is -2.28. The molecule has 0 aliphatic carbocycles. The molecule has 0 bridgehead atoms. The summed E-state index contributed by atoms with van der Waals surface area (Å²) >= 11 is 0. The van der Waals surface area contributed by atoms with Crippen molar-refractivity contribution >= 4 is 20.8 Å². The minimum absolute atomic E-state index is 0.372. The summed E-state index contributed by atoms with van der Waals surface area (Å²) in [5, 5.41) is 9.60. The zero-order chi connectivity index (χ0) is 23.1. The first kappa shape index (κ1) is 27.2. The minimum Gasteiger partial charge on any atom is -0.497 e. The fourth-order valence-electron chi connectivity index (χ4n) is 3.37. The topological polar surface area (TPSA) is 83.5 Å². The molecule has 1 aromatic rings. The fraction of sp³-hybridized carbons (Fsp3) is 0.609. The second-order valence-corrected chi connectivity index (χ2v) is 9.75. The smallest absolute Gasteiger partial charge is 0.497 e. The average Bonchev–Trinajstić information content (AvgIpc) is 2.75. The summed E-state index contributed by atoms with van der Waals surface area (Å²) in [6.45, 7) is 7.60. The number of benzene rings is 1. The monoisotopic (exact) mass is 454 g/mol. The third-order valence-electron chi connectivity index (χ3n) is 4.76. The molecule has 0 aromatic heterocycles. The van der Waals surface area contributed by atoms with Crippen LogP contribution in [0.1, 0.15) is 58.4 Å². The highest BCUT2D eigenvalue weighted by Gasteiger charge is 2.39. The van der Waals surface area contributed by atoms with Crippen LogP contribution in [0.3, 0.4) is 0 Å². The van der Waals surface area contributed by atoms with Crippen molar-refractivity contribution in [3.8, 4) is 11.5 Å². The van der Waals surface area contributed by atoms with E-state index in [-0.39, 0.29) is 0 Å². The van der Waals surface area contributed by atoms with E-state index >= 15 is 0 Å². The maximum absolute atomic E-state index is 11.7. The molecule has 0 amide bonds. The lowest BCUT2D eigenvalue weighted by Crippen LogP contribution is -2.45. The second kappa shape index (κ2) is 15.0. The predicted octanol–water partition coefficient (Wildman–Crippen LogP) is 5.17. The number of hydrogen-bond donors (Lipinski definition) is 1. The molecule has 0 radical (unpaired) electrons. The van der Waals surface area contributed by atoms with Crippen molar-refractivity contribution in [1.82, 2.24) is 0 Å². The number of rotatable bonds is 17. The highest BCUT2D eigenvalue weighted by atomic mass is 28.4. The molecule has 0 spiro atoms. The number of carbonyl (C=O) groups is 1. The fourth-order valence-corrected chi connectivity index (χ4v) is 6.05.